The summed E-state index contributed by atoms with van der Waals surface area (Å²) in [5.74, 6) is 0.991. The van der Waals surface area contributed by atoms with Gasteiger partial charge in [0.05, 0.1) is 11.4 Å². The van der Waals surface area contributed by atoms with E-state index in [1.165, 1.54) is 0 Å². The number of aromatic nitrogens is 3. The molecule has 3 aromatic heterocycles. The van der Waals surface area contributed by atoms with Crippen LogP contribution < -0.4 is 0 Å². The molecule has 0 fully saturated rings. The zero-order valence-electron chi connectivity index (χ0n) is 21.6. The van der Waals surface area contributed by atoms with E-state index in [9.17, 15) is 8.78 Å². The molecule has 3 heterocycles. The summed E-state index contributed by atoms with van der Waals surface area (Å²) in [7, 11) is 0. The van der Waals surface area contributed by atoms with Crippen LogP contribution in [0.5, 0.6) is 0 Å². The second kappa shape index (κ2) is 16.3. The van der Waals surface area contributed by atoms with Crippen LogP contribution in [-0.4, -0.2) is 15.0 Å². The van der Waals surface area contributed by atoms with E-state index < -0.39 is 11.6 Å². The first-order valence-corrected chi connectivity index (χ1v) is 12.3. The maximum Gasteiger partial charge on any atom is 3.00 e. The number of hydrogen-bond donors (Lipinski definition) is 0. The van der Waals surface area contributed by atoms with E-state index in [0.29, 0.717) is 5.69 Å². The Morgan fingerprint density at radius 2 is 1.27 bits per heavy atom. The average Bonchev–Trinajstić information content (AvgIpc) is 3.03. The molecule has 0 saturated heterocycles. The molecule has 0 bridgehead atoms. The topological polar surface area (TPSA) is 38.7 Å². The van der Waals surface area contributed by atoms with E-state index in [1.807, 2.05) is 91.0 Å². The van der Waals surface area contributed by atoms with Crippen LogP contribution in [0.4, 0.5) is 8.78 Å². The van der Waals surface area contributed by atoms with Crippen molar-refractivity contribution in [3.63, 3.8) is 0 Å². The molecule has 0 saturated carbocycles. The Labute approximate surface area is 252 Å². The first-order valence-electron chi connectivity index (χ1n) is 12.3. The third kappa shape index (κ3) is 9.40. The zero-order chi connectivity index (χ0) is 28.0. The molecule has 6 aromatic rings. The summed E-state index contributed by atoms with van der Waals surface area (Å²) < 4.78 is 25.8. The second-order valence-electron chi connectivity index (χ2n) is 8.15. The molecule has 6 rings (SSSR count). The standard InChI is InChI=1S/C16H11N2.C11H6F2N.C8H5.Ir/c1-2-7-13(8-3-1)14-10-6-11-16(18-14)15-9-4-5-12-17-15;12-8-4-5-9(10(13)7-8)11-3-1-2-6-14-11;1-2-8-6-4-3-5-7-8;/h1-7,9-12H;1-4,6-7H;3-7H;/q3*-1;+3. The molecule has 200 valence electrons. The predicted octanol–water partition coefficient (Wildman–Crippen LogP) is 8.06. The number of hydrogen-bond acceptors (Lipinski definition) is 3. The maximum atomic E-state index is 13.2. The fourth-order valence-electron chi connectivity index (χ4n) is 3.47. The molecular weight excluding hydrogens is 693 g/mol. The number of nitrogens with zero attached hydrogens (tertiary/aromatic N) is 3. The van der Waals surface area contributed by atoms with Crippen LogP contribution in [0.3, 0.4) is 0 Å². The SMILES string of the molecule is Fc1c[c-]c(-c2ccccn2)c(F)c1.[C-]#Cc1ccccc1.[Ir+3].[c-]1ccccc1-c1cccc(-c2ccccn2)n1. The number of benzene rings is 3. The van der Waals surface area contributed by atoms with Gasteiger partial charge in [0.15, 0.2) is 0 Å². The fourth-order valence-corrected chi connectivity index (χ4v) is 3.47. The number of pyridine rings is 3. The van der Waals surface area contributed by atoms with Gasteiger partial charge in [0.25, 0.3) is 0 Å². The van der Waals surface area contributed by atoms with E-state index in [-0.39, 0.29) is 25.7 Å². The summed E-state index contributed by atoms with van der Waals surface area (Å²) in [5.41, 5.74) is 5.14. The average molecular weight is 715 g/mol. The fraction of sp³-hybridized carbons (Fsp3) is 0. The summed E-state index contributed by atoms with van der Waals surface area (Å²) in [6, 6.07) is 41.7. The summed E-state index contributed by atoms with van der Waals surface area (Å²) >= 11 is 0. The van der Waals surface area contributed by atoms with Crippen molar-refractivity contribution in [1.29, 1.82) is 0 Å². The molecule has 0 amide bonds. The van der Waals surface area contributed by atoms with E-state index in [0.717, 1.165) is 40.3 Å². The van der Waals surface area contributed by atoms with Crippen LogP contribution in [0.1, 0.15) is 5.56 Å². The Balaban J connectivity index is 0.000000179. The maximum absolute atomic E-state index is 13.2. The van der Waals surface area contributed by atoms with Gasteiger partial charge < -0.3 is 11.4 Å². The van der Waals surface area contributed by atoms with Crippen molar-refractivity contribution < 1.29 is 28.9 Å². The summed E-state index contributed by atoms with van der Waals surface area (Å²) in [6.07, 6.45) is 10.0. The van der Waals surface area contributed by atoms with E-state index >= 15 is 0 Å². The molecule has 0 spiro atoms. The molecule has 0 N–H and O–H groups in total. The van der Waals surface area contributed by atoms with Crippen LogP contribution >= 0.6 is 0 Å². The van der Waals surface area contributed by atoms with Gasteiger partial charge in [-0.1, -0.05) is 60.2 Å². The molecule has 6 heteroatoms. The van der Waals surface area contributed by atoms with Gasteiger partial charge in [0, 0.05) is 24.0 Å². The largest absolute Gasteiger partial charge is 3.00 e. The van der Waals surface area contributed by atoms with Crippen LogP contribution in [0.25, 0.3) is 33.9 Å². The van der Waals surface area contributed by atoms with Crippen molar-refractivity contribution in [2.75, 3.05) is 0 Å². The smallest absolute Gasteiger partial charge is 0.366 e. The molecule has 41 heavy (non-hydrogen) atoms. The Hall–Kier alpha value is -4.82. The molecule has 0 aliphatic carbocycles. The number of rotatable bonds is 3. The van der Waals surface area contributed by atoms with Crippen LogP contribution in [-0.2, 0) is 20.1 Å². The summed E-state index contributed by atoms with van der Waals surface area (Å²) in [6.45, 7) is 0. The number of halogens is 2. The Morgan fingerprint density at radius 3 is 1.85 bits per heavy atom. The van der Waals surface area contributed by atoms with Crippen LogP contribution in [0.2, 0.25) is 0 Å². The van der Waals surface area contributed by atoms with E-state index in [4.69, 9.17) is 6.42 Å². The first kappa shape index (κ1) is 30.7. The quantitative estimate of drug-likeness (QED) is 0.138. The minimum absolute atomic E-state index is 0. The van der Waals surface area contributed by atoms with Crippen molar-refractivity contribution in [2.45, 2.75) is 0 Å². The molecule has 0 aliphatic heterocycles. The predicted molar refractivity (Wildman–Crippen MR) is 153 cm³/mol. The summed E-state index contributed by atoms with van der Waals surface area (Å²) in [5, 5.41) is 0. The molecular formula is C35H22F2IrN3. The summed E-state index contributed by atoms with van der Waals surface area (Å²) in [4.78, 5) is 12.9. The van der Waals surface area contributed by atoms with Gasteiger partial charge in [0.2, 0.25) is 0 Å². The van der Waals surface area contributed by atoms with Gasteiger partial charge in [-0.2, -0.15) is 0 Å². The van der Waals surface area contributed by atoms with E-state index in [2.05, 4.69) is 33.0 Å². The molecule has 0 radical (unpaired) electrons. The Morgan fingerprint density at radius 1 is 0.634 bits per heavy atom. The monoisotopic (exact) mass is 715 g/mol. The van der Waals surface area contributed by atoms with Crippen LogP contribution in [0.15, 0.2) is 134 Å². The molecule has 0 atom stereocenters. The van der Waals surface area contributed by atoms with Gasteiger partial charge in [-0.15, -0.1) is 65.7 Å². The van der Waals surface area contributed by atoms with Gasteiger partial charge in [-0.3, -0.25) is 24.7 Å². The van der Waals surface area contributed by atoms with Crippen molar-refractivity contribution in [1.82, 2.24) is 15.0 Å². The van der Waals surface area contributed by atoms with Gasteiger partial charge in [-0.05, 0) is 35.7 Å². The van der Waals surface area contributed by atoms with Crippen molar-refractivity contribution in [3.05, 3.63) is 169 Å². The third-order valence-electron chi connectivity index (χ3n) is 5.36. The van der Waals surface area contributed by atoms with Crippen molar-refractivity contribution in [2.24, 2.45) is 0 Å². The van der Waals surface area contributed by atoms with Gasteiger partial charge in [0.1, 0.15) is 0 Å². The van der Waals surface area contributed by atoms with Crippen LogP contribution in [0, 0.1) is 36.1 Å². The van der Waals surface area contributed by atoms with E-state index in [1.54, 1.807) is 30.6 Å². The molecule has 3 aromatic carbocycles. The second-order valence-corrected chi connectivity index (χ2v) is 8.15. The Kier molecular flexibility index (Phi) is 12.2. The zero-order valence-corrected chi connectivity index (χ0v) is 24.0. The molecule has 0 unspecified atom stereocenters. The van der Waals surface area contributed by atoms with Gasteiger partial charge >= 0.3 is 20.1 Å². The third-order valence-corrected chi connectivity index (χ3v) is 5.36. The molecule has 3 nitrogen and oxygen atoms in total. The first-order chi connectivity index (χ1) is 19.6. The van der Waals surface area contributed by atoms with Gasteiger partial charge in [-0.25, -0.2) is 0 Å². The minimum atomic E-state index is -0.649. The van der Waals surface area contributed by atoms with Crippen molar-refractivity contribution in [3.8, 4) is 39.8 Å². The molecule has 0 aliphatic rings. The normalized spacial score (nSPS) is 9.49. The van der Waals surface area contributed by atoms with Crippen molar-refractivity contribution >= 4 is 0 Å². The Bertz CT molecular complexity index is 1600. The minimum Gasteiger partial charge on any atom is -0.366 e.